The average molecular weight is 1660 g/mol. The van der Waals surface area contributed by atoms with Gasteiger partial charge < -0.3 is 40.2 Å². The monoisotopic (exact) mass is 1660 g/mol. The van der Waals surface area contributed by atoms with Crippen molar-refractivity contribution in [2.24, 2.45) is 0 Å². The highest BCUT2D eigenvalue weighted by molar-refractivity contribution is 6.18. The van der Waals surface area contributed by atoms with E-state index in [9.17, 15) is 14.4 Å². The molecular formula is C117H67N3O9. The molecule has 9 aromatic heterocycles. The maximum atomic E-state index is 13.0. The molecule has 12 nitrogen and oxygen atoms in total. The summed E-state index contributed by atoms with van der Waals surface area (Å²) < 4.78 is 42.7. The first-order valence-electron chi connectivity index (χ1n) is 43.0. The van der Waals surface area contributed by atoms with E-state index in [1.54, 1.807) is 0 Å². The van der Waals surface area contributed by atoms with E-state index < -0.39 is 0 Å². The lowest BCUT2D eigenvalue weighted by molar-refractivity contribution is 0.569. The first-order chi connectivity index (χ1) is 63.7. The summed E-state index contributed by atoms with van der Waals surface area (Å²) in [5.41, 5.74) is 24.3. The third kappa shape index (κ3) is 11.6. The molecule has 28 aromatic rings. The Bertz CT molecular complexity index is 9820. The van der Waals surface area contributed by atoms with Crippen molar-refractivity contribution < 1.29 is 26.5 Å². The van der Waals surface area contributed by atoms with E-state index >= 15 is 0 Å². The number of nitrogens with zero attached hydrogens (tertiary/aromatic N) is 3. The lowest BCUT2D eigenvalue weighted by Crippen LogP contribution is -2.00. The molecule has 9 heterocycles. The minimum atomic E-state index is -0.322. The van der Waals surface area contributed by atoms with Crippen molar-refractivity contribution in [1.82, 2.24) is 13.7 Å². The van der Waals surface area contributed by atoms with Gasteiger partial charge in [0, 0.05) is 97.7 Å². The highest BCUT2D eigenvalue weighted by atomic mass is 16.4. The Kier molecular flexibility index (Phi) is 16.3. The average Bonchev–Trinajstić information content (AvgIpc) is 1.58. The van der Waals surface area contributed by atoms with Crippen molar-refractivity contribution >= 4 is 196 Å². The molecule has 0 radical (unpaired) electrons. The molecule has 604 valence electrons. The lowest BCUT2D eigenvalue weighted by Gasteiger charge is -2.10. The fourth-order valence-electron chi connectivity index (χ4n) is 20.0. The van der Waals surface area contributed by atoms with Gasteiger partial charge in [-0.15, -0.1) is 0 Å². The van der Waals surface area contributed by atoms with E-state index in [0.29, 0.717) is 32.9 Å². The van der Waals surface area contributed by atoms with E-state index in [1.165, 1.54) is 10.8 Å². The van der Waals surface area contributed by atoms with Crippen LogP contribution >= 0.6 is 0 Å². The SMILES string of the molecule is O=c1oc2ccccc2c2ccc(-c3ccc4c(c3)c3ccccc3n4-c3ccc(-c4cccc5c4oc4ccccc45)cc3)cc12.O=c1oc2ccccc2c2ccc(-c3ccc4c(c3)c3ccccc3n4-c3ccc4oc5ccccc5c4c3)cc12.O=c1oc2ccccc2c2ccc(-c3ccc4c(c3)c3ccccc3n4-c3cccc4c3oc3ccccc34)cc12. The number of rotatable bonds is 7. The molecule has 0 saturated carbocycles. The second kappa shape index (κ2) is 28.7. The Morgan fingerprint density at radius 2 is 0.442 bits per heavy atom. The zero-order valence-electron chi connectivity index (χ0n) is 68.7. The highest BCUT2D eigenvalue weighted by Gasteiger charge is 2.24. The molecule has 0 atom stereocenters. The Morgan fingerprint density at radius 3 is 0.884 bits per heavy atom. The molecule has 0 unspecified atom stereocenters. The van der Waals surface area contributed by atoms with Crippen LogP contribution in [-0.4, -0.2) is 13.7 Å². The Hall–Kier alpha value is -17.6. The number of fused-ring (bicyclic) bond motifs is 27. The van der Waals surface area contributed by atoms with Crippen molar-refractivity contribution in [3.8, 4) is 61.6 Å². The number of furan rings is 3. The molecule has 28 rings (SSSR count). The van der Waals surface area contributed by atoms with Crippen LogP contribution in [0.5, 0.6) is 0 Å². The van der Waals surface area contributed by atoms with E-state index in [4.69, 9.17) is 26.5 Å². The second-order valence-electron chi connectivity index (χ2n) is 33.0. The minimum Gasteiger partial charge on any atom is -0.456 e. The summed E-state index contributed by atoms with van der Waals surface area (Å²) in [7, 11) is 0. The largest absolute Gasteiger partial charge is 0.456 e. The van der Waals surface area contributed by atoms with Gasteiger partial charge in [0.1, 0.15) is 44.7 Å². The van der Waals surface area contributed by atoms with Gasteiger partial charge in [-0.1, -0.05) is 261 Å². The van der Waals surface area contributed by atoms with Crippen LogP contribution in [-0.2, 0) is 0 Å². The van der Waals surface area contributed by atoms with Crippen molar-refractivity contribution in [1.29, 1.82) is 0 Å². The van der Waals surface area contributed by atoms with Gasteiger partial charge in [-0.25, -0.2) is 14.4 Å². The van der Waals surface area contributed by atoms with Gasteiger partial charge in [0.25, 0.3) is 0 Å². The van der Waals surface area contributed by atoms with Crippen LogP contribution in [0.25, 0.3) is 258 Å². The van der Waals surface area contributed by atoms with Gasteiger partial charge in [0.15, 0.2) is 5.58 Å². The van der Waals surface area contributed by atoms with Crippen molar-refractivity contribution in [2.75, 3.05) is 0 Å². The first-order valence-corrected chi connectivity index (χ1v) is 43.0. The molecule has 0 aliphatic rings. The van der Waals surface area contributed by atoms with Gasteiger partial charge in [-0.05, 0) is 201 Å². The van der Waals surface area contributed by atoms with Crippen molar-refractivity contribution in [2.45, 2.75) is 0 Å². The molecule has 19 aromatic carbocycles. The van der Waals surface area contributed by atoms with Gasteiger partial charge in [-0.3, -0.25) is 0 Å². The Balaban J connectivity index is 0.000000102. The number of hydrogen-bond donors (Lipinski definition) is 0. The lowest BCUT2D eigenvalue weighted by atomic mass is 9.99. The van der Waals surface area contributed by atoms with Crippen LogP contribution in [0.1, 0.15) is 0 Å². The second-order valence-corrected chi connectivity index (χ2v) is 33.0. The summed E-state index contributed by atoms with van der Waals surface area (Å²) in [6.07, 6.45) is 0. The molecule has 0 N–H and O–H groups in total. The van der Waals surface area contributed by atoms with E-state index in [1.807, 2.05) is 158 Å². The third-order valence-corrected chi connectivity index (χ3v) is 26.0. The van der Waals surface area contributed by atoms with Crippen LogP contribution in [0, 0.1) is 0 Å². The highest BCUT2D eigenvalue weighted by Crippen LogP contribution is 2.45. The van der Waals surface area contributed by atoms with Crippen LogP contribution in [0.4, 0.5) is 0 Å². The normalized spacial score (nSPS) is 12.0. The topological polar surface area (TPSA) is 145 Å². The van der Waals surface area contributed by atoms with Crippen LogP contribution in [0.15, 0.2) is 447 Å². The number of benzene rings is 19. The summed E-state index contributed by atoms with van der Waals surface area (Å²) in [6.45, 7) is 0. The molecule has 0 fully saturated rings. The maximum Gasteiger partial charge on any atom is 0.344 e. The van der Waals surface area contributed by atoms with E-state index in [2.05, 4.69) is 262 Å². The molecule has 129 heavy (non-hydrogen) atoms. The molecular weight excluding hydrogens is 1590 g/mol. The van der Waals surface area contributed by atoms with E-state index in [0.717, 1.165) is 214 Å². The molecule has 0 aliphatic heterocycles. The van der Waals surface area contributed by atoms with Gasteiger partial charge in [0.2, 0.25) is 0 Å². The quantitative estimate of drug-likeness (QED) is 0.112. The smallest absolute Gasteiger partial charge is 0.344 e. The summed E-state index contributed by atoms with van der Waals surface area (Å²) in [5.74, 6) is 0. The van der Waals surface area contributed by atoms with Crippen LogP contribution in [0.3, 0.4) is 0 Å². The maximum absolute atomic E-state index is 13.0. The predicted octanol–water partition coefficient (Wildman–Crippen LogP) is 30.5. The molecule has 0 aliphatic carbocycles. The number of hydrogen-bond acceptors (Lipinski definition) is 9. The van der Waals surface area contributed by atoms with Crippen LogP contribution in [0.2, 0.25) is 0 Å². The Labute approximate surface area is 731 Å². The molecule has 0 bridgehead atoms. The number of aromatic nitrogens is 3. The zero-order chi connectivity index (χ0) is 85.2. The van der Waals surface area contributed by atoms with E-state index in [-0.39, 0.29) is 16.9 Å². The van der Waals surface area contributed by atoms with Crippen molar-refractivity contribution in [3.63, 3.8) is 0 Å². The summed E-state index contributed by atoms with van der Waals surface area (Å²) in [4.78, 5) is 38.8. The fraction of sp³-hybridized carbons (Fsp3) is 0. The van der Waals surface area contributed by atoms with Gasteiger partial charge >= 0.3 is 16.9 Å². The molecule has 0 amide bonds. The zero-order valence-corrected chi connectivity index (χ0v) is 68.7. The Morgan fingerprint density at radius 1 is 0.155 bits per heavy atom. The summed E-state index contributed by atoms with van der Waals surface area (Å²) in [5, 5.41) is 20.9. The number of para-hydroxylation sites is 11. The molecule has 0 spiro atoms. The van der Waals surface area contributed by atoms with Crippen molar-refractivity contribution in [3.05, 3.63) is 438 Å². The first kappa shape index (κ1) is 73.0. The third-order valence-electron chi connectivity index (χ3n) is 26.0. The molecule has 0 saturated heterocycles. The summed E-state index contributed by atoms with van der Waals surface area (Å²) >= 11 is 0. The summed E-state index contributed by atoms with van der Waals surface area (Å²) in [6, 6.07) is 139. The van der Waals surface area contributed by atoms with Gasteiger partial charge in [-0.2, -0.15) is 0 Å². The van der Waals surface area contributed by atoms with Crippen LogP contribution < -0.4 is 16.9 Å². The molecule has 12 heteroatoms. The van der Waals surface area contributed by atoms with Gasteiger partial charge in [0.05, 0.1) is 54.9 Å². The minimum absolute atomic E-state index is 0.319. The fourth-order valence-corrected chi connectivity index (χ4v) is 20.0. The standard InChI is InChI=1S/C43H25NO3.2C37H21NO3/c45-43-37-25-27(18-22-31(37)33-9-2-6-15-41(33)47-43)28-19-23-39-36(24-28)32-8-1-4-13-38(32)44(39)29-20-16-26(17-21-29)30-11-7-12-35-34-10-3-5-14-40(34)46-42(30)35;39-37-30-21-22(16-18-24(30)26-9-2-6-15-35(26)41-37)23-17-19-32-29(20-23)25-8-1-4-12-31(25)38(32)33-13-7-11-28-27-10-3-5-14-34(27)40-36(28)33;39-37-31-20-22(13-16-25(31)27-8-2-6-12-35(27)41-37)23-14-17-33-29(19-23)26-7-1-4-10-32(26)38(33)24-15-18-36-30(21-24)28-9-3-5-11-34(28)40-36/h1-25H;2*1-21H. The predicted molar refractivity (Wildman–Crippen MR) is 527 cm³/mol.